The molecule has 0 aliphatic carbocycles. The van der Waals surface area contributed by atoms with Crippen LogP contribution in [0.4, 0.5) is 14.5 Å². The SMILES string of the molecule is CCc1cc(C(=O)O[C@H](C)C(=O)Nc2c(F)cccc2F)sc1C. The molecule has 0 unspecified atom stereocenters. The number of para-hydroxylation sites is 1. The Bertz CT molecular complexity index is 753. The largest absolute Gasteiger partial charge is 0.448 e. The molecule has 0 fully saturated rings. The summed E-state index contributed by atoms with van der Waals surface area (Å²) in [6.45, 7) is 5.22. The summed E-state index contributed by atoms with van der Waals surface area (Å²) in [5.74, 6) is -3.25. The highest BCUT2D eigenvalue weighted by molar-refractivity contribution is 7.14. The zero-order valence-electron chi connectivity index (χ0n) is 13.5. The van der Waals surface area contributed by atoms with Gasteiger partial charge in [-0.1, -0.05) is 13.0 Å². The molecule has 2 aromatic rings. The molecular formula is C17H17F2NO3S. The normalized spacial score (nSPS) is 11.9. The second kappa shape index (κ2) is 7.53. The number of anilines is 1. The van der Waals surface area contributed by atoms with Gasteiger partial charge in [-0.3, -0.25) is 4.79 Å². The Morgan fingerprint density at radius 3 is 2.46 bits per heavy atom. The maximum Gasteiger partial charge on any atom is 0.349 e. The predicted molar refractivity (Wildman–Crippen MR) is 88.3 cm³/mol. The van der Waals surface area contributed by atoms with Crippen molar-refractivity contribution in [3.05, 3.63) is 51.2 Å². The Kier molecular flexibility index (Phi) is 5.66. The van der Waals surface area contributed by atoms with E-state index >= 15 is 0 Å². The van der Waals surface area contributed by atoms with Crippen LogP contribution in [0.5, 0.6) is 0 Å². The number of nitrogens with one attached hydrogen (secondary N) is 1. The highest BCUT2D eigenvalue weighted by Gasteiger charge is 2.22. The van der Waals surface area contributed by atoms with Gasteiger partial charge in [-0.2, -0.15) is 0 Å². The van der Waals surface area contributed by atoms with Gasteiger partial charge in [0, 0.05) is 4.88 Å². The molecule has 0 saturated carbocycles. The zero-order valence-corrected chi connectivity index (χ0v) is 14.3. The smallest absolute Gasteiger partial charge is 0.349 e. The number of thiophene rings is 1. The van der Waals surface area contributed by atoms with Crippen LogP contribution in [0.15, 0.2) is 24.3 Å². The zero-order chi connectivity index (χ0) is 17.9. The standard InChI is InChI=1S/C17H17F2NO3S/c1-4-11-8-14(24-10(11)3)17(22)23-9(2)16(21)20-15-12(18)6-5-7-13(15)19/h5-9H,4H2,1-3H3,(H,20,21)/t9-/m1/s1. The van der Waals surface area contributed by atoms with E-state index in [0.717, 1.165) is 29.0 Å². The first kappa shape index (κ1) is 18.1. The van der Waals surface area contributed by atoms with Crippen molar-refractivity contribution >= 4 is 28.9 Å². The van der Waals surface area contributed by atoms with Gasteiger partial charge in [0.1, 0.15) is 22.2 Å². The lowest BCUT2D eigenvalue weighted by molar-refractivity contribution is -0.123. The molecule has 1 heterocycles. The van der Waals surface area contributed by atoms with E-state index in [-0.39, 0.29) is 0 Å². The number of aryl methyl sites for hydroxylation is 2. The van der Waals surface area contributed by atoms with Gasteiger partial charge in [0.05, 0.1) is 0 Å². The first-order valence-electron chi connectivity index (χ1n) is 7.38. The van der Waals surface area contributed by atoms with Crippen LogP contribution in [0.1, 0.15) is 34.0 Å². The maximum atomic E-state index is 13.5. The average Bonchev–Trinajstić information content (AvgIpc) is 2.92. The van der Waals surface area contributed by atoms with Gasteiger partial charge in [0.2, 0.25) is 0 Å². The number of rotatable bonds is 5. The topological polar surface area (TPSA) is 55.4 Å². The highest BCUT2D eigenvalue weighted by Crippen LogP contribution is 2.23. The van der Waals surface area contributed by atoms with Crippen LogP contribution in [0, 0.1) is 18.6 Å². The van der Waals surface area contributed by atoms with Crippen molar-refractivity contribution < 1.29 is 23.1 Å². The molecule has 7 heteroatoms. The summed E-state index contributed by atoms with van der Waals surface area (Å²) in [6, 6.07) is 4.96. The molecule has 0 spiro atoms. The molecule has 2 rings (SSSR count). The lowest BCUT2D eigenvalue weighted by Crippen LogP contribution is -2.30. The predicted octanol–water partition coefficient (Wildman–Crippen LogP) is 4.08. The molecule has 1 N–H and O–H groups in total. The molecule has 0 bridgehead atoms. The van der Waals surface area contributed by atoms with Crippen molar-refractivity contribution in [2.24, 2.45) is 0 Å². The lowest BCUT2D eigenvalue weighted by Gasteiger charge is -2.13. The van der Waals surface area contributed by atoms with Gasteiger partial charge in [-0.15, -0.1) is 11.3 Å². The first-order valence-corrected chi connectivity index (χ1v) is 8.20. The number of amides is 1. The number of halogens is 2. The summed E-state index contributed by atoms with van der Waals surface area (Å²) in [5.41, 5.74) is 0.475. The monoisotopic (exact) mass is 353 g/mol. The van der Waals surface area contributed by atoms with Crippen molar-refractivity contribution in [1.82, 2.24) is 0 Å². The Balaban J connectivity index is 2.04. The van der Waals surface area contributed by atoms with Gasteiger partial charge in [-0.25, -0.2) is 13.6 Å². The van der Waals surface area contributed by atoms with E-state index in [4.69, 9.17) is 4.74 Å². The molecule has 4 nitrogen and oxygen atoms in total. The van der Waals surface area contributed by atoms with Crippen LogP contribution < -0.4 is 5.32 Å². The number of carbonyl (C=O) groups is 2. The van der Waals surface area contributed by atoms with Crippen molar-refractivity contribution in [3.63, 3.8) is 0 Å². The van der Waals surface area contributed by atoms with Crippen LogP contribution in [-0.4, -0.2) is 18.0 Å². The minimum atomic E-state index is -1.19. The number of benzene rings is 1. The van der Waals surface area contributed by atoms with Crippen LogP contribution in [0.3, 0.4) is 0 Å². The van der Waals surface area contributed by atoms with Crippen LogP contribution in [-0.2, 0) is 16.0 Å². The van der Waals surface area contributed by atoms with E-state index in [1.807, 2.05) is 13.8 Å². The molecule has 0 aliphatic heterocycles. The molecule has 0 aliphatic rings. The summed E-state index contributed by atoms with van der Waals surface area (Å²) in [6.07, 6.45) is -0.401. The summed E-state index contributed by atoms with van der Waals surface area (Å²) in [4.78, 5) is 25.5. The second-order valence-electron chi connectivity index (χ2n) is 5.18. The highest BCUT2D eigenvalue weighted by atomic mass is 32.1. The lowest BCUT2D eigenvalue weighted by atomic mass is 10.2. The molecule has 1 aromatic heterocycles. The van der Waals surface area contributed by atoms with Crippen LogP contribution >= 0.6 is 11.3 Å². The molecule has 24 heavy (non-hydrogen) atoms. The minimum absolute atomic E-state index is 0.390. The number of ether oxygens (including phenoxy) is 1. The van der Waals surface area contributed by atoms with Crippen molar-refractivity contribution in [1.29, 1.82) is 0 Å². The summed E-state index contributed by atoms with van der Waals surface area (Å²) in [5, 5.41) is 2.10. The third kappa shape index (κ3) is 3.97. The number of hydrogen-bond acceptors (Lipinski definition) is 4. The Hall–Kier alpha value is -2.28. The minimum Gasteiger partial charge on any atom is -0.448 e. The van der Waals surface area contributed by atoms with E-state index in [0.29, 0.717) is 4.88 Å². The van der Waals surface area contributed by atoms with Crippen molar-refractivity contribution in [2.45, 2.75) is 33.3 Å². The Labute approximate surface area is 142 Å². The van der Waals surface area contributed by atoms with E-state index in [9.17, 15) is 18.4 Å². The average molecular weight is 353 g/mol. The first-order chi connectivity index (χ1) is 11.3. The fourth-order valence-electron chi connectivity index (χ4n) is 2.09. The Morgan fingerprint density at radius 2 is 1.92 bits per heavy atom. The number of carbonyl (C=O) groups excluding carboxylic acids is 2. The molecule has 1 atom stereocenters. The van der Waals surface area contributed by atoms with E-state index in [1.54, 1.807) is 6.07 Å². The fourth-order valence-corrected chi connectivity index (χ4v) is 3.08. The van der Waals surface area contributed by atoms with Crippen molar-refractivity contribution in [2.75, 3.05) is 5.32 Å². The Morgan fingerprint density at radius 1 is 1.29 bits per heavy atom. The van der Waals surface area contributed by atoms with Gasteiger partial charge in [0.15, 0.2) is 6.10 Å². The van der Waals surface area contributed by atoms with E-state index < -0.39 is 35.3 Å². The molecule has 0 radical (unpaired) electrons. The van der Waals surface area contributed by atoms with Gasteiger partial charge < -0.3 is 10.1 Å². The summed E-state index contributed by atoms with van der Waals surface area (Å²) < 4.78 is 32.1. The number of esters is 1. The summed E-state index contributed by atoms with van der Waals surface area (Å²) in [7, 11) is 0. The third-order valence-electron chi connectivity index (χ3n) is 3.47. The van der Waals surface area contributed by atoms with Gasteiger partial charge in [0.25, 0.3) is 5.91 Å². The molecule has 1 aromatic carbocycles. The molecule has 128 valence electrons. The van der Waals surface area contributed by atoms with E-state index in [1.165, 1.54) is 24.3 Å². The molecular weight excluding hydrogens is 336 g/mol. The fraction of sp³-hybridized carbons (Fsp3) is 0.294. The molecule has 1 amide bonds. The maximum absolute atomic E-state index is 13.5. The van der Waals surface area contributed by atoms with Crippen LogP contribution in [0.25, 0.3) is 0 Å². The van der Waals surface area contributed by atoms with Crippen molar-refractivity contribution in [3.8, 4) is 0 Å². The number of hydrogen-bond donors (Lipinski definition) is 1. The molecule has 0 saturated heterocycles. The quantitative estimate of drug-likeness (QED) is 0.824. The summed E-state index contributed by atoms with van der Waals surface area (Å²) >= 11 is 1.28. The van der Waals surface area contributed by atoms with Gasteiger partial charge in [-0.05, 0) is 44.0 Å². The van der Waals surface area contributed by atoms with Gasteiger partial charge >= 0.3 is 5.97 Å². The van der Waals surface area contributed by atoms with Crippen LogP contribution in [0.2, 0.25) is 0 Å². The van der Waals surface area contributed by atoms with E-state index in [2.05, 4.69) is 5.32 Å². The third-order valence-corrected chi connectivity index (χ3v) is 4.54. The second-order valence-corrected chi connectivity index (χ2v) is 6.44.